The predicted octanol–water partition coefficient (Wildman–Crippen LogP) is 1.10. The van der Waals surface area contributed by atoms with Crippen LogP contribution < -0.4 is 5.73 Å². The molecular formula is C11H11N3O. The standard InChI is InChI=1S/C11H11N3O/c12-11(15)10-4-2-1-3-8(10)7-9-5-6-13-14-9/h1-6H,7H2,(H2,12,15)(H,13,14). The maximum atomic E-state index is 11.1. The highest BCUT2D eigenvalue weighted by molar-refractivity contribution is 5.94. The molecule has 0 aliphatic heterocycles. The molecule has 0 fully saturated rings. The van der Waals surface area contributed by atoms with Gasteiger partial charge in [0.25, 0.3) is 0 Å². The molecule has 1 aromatic carbocycles. The molecule has 0 spiro atoms. The van der Waals surface area contributed by atoms with E-state index >= 15 is 0 Å². The highest BCUT2D eigenvalue weighted by Gasteiger charge is 2.08. The van der Waals surface area contributed by atoms with E-state index in [1.165, 1.54) is 0 Å². The second-order valence-electron chi connectivity index (χ2n) is 3.26. The van der Waals surface area contributed by atoms with Gasteiger partial charge in [0.05, 0.1) is 5.69 Å². The molecule has 15 heavy (non-hydrogen) atoms. The highest BCUT2D eigenvalue weighted by Crippen LogP contribution is 2.12. The number of amides is 1. The summed E-state index contributed by atoms with van der Waals surface area (Å²) < 4.78 is 0. The van der Waals surface area contributed by atoms with Gasteiger partial charge in [0.15, 0.2) is 0 Å². The van der Waals surface area contributed by atoms with Crippen molar-refractivity contribution in [3.63, 3.8) is 0 Å². The molecule has 0 atom stereocenters. The van der Waals surface area contributed by atoms with Crippen molar-refractivity contribution in [2.24, 2.45) is 5.73 Å². The number of hydrogen-bond acceptors (Lipinski definition) is 2. The van der Waals surface area contributed by atoms with Crippen LogP contribution in [0.15, 0.2) is 36.5 Å². The van der Waals surface area contributed by atoms with Crippen molar-refractivity contribution in [1.82, 2.24) is 10.2 Å². The quantitative estimate of drug-likeness (QED) is 0.780. The minimum atomic E-state index is -0.402. The van der Waals surface area contributed by atoms with Crippen LogP contribution >= 0.6 is 0 Å². The van der Waals surface area contributed by atoms with E-state index in [0.717, 1.165) is 11.3 Å². The van der Waals surface area contributed by atoms with Crippen LogP contribution in [0.2, 0.25) is 0 Å². The van der Waals surface area contributed by atoms with Crippen LogP contribution in [0.4, 0.5) is 0 Å². The first-order valence-corrected chi connectivity index (χ1v) is 4.64. The molecule has 0 radical (unpaired) electrons. The Morgan fingerprint density at radius 2 is 2.13 bits per heavy atom. The number of benzene rings is 1. The van der Waals surface area contributed by atoms with Gasteiger partial charge in [0.1, 0.15) is 0 Å². The lowest BCUT2D eigenvalue weighted by Crippen LogP contribution is -2.13. The van der Waals surface area contributed by atoms with E-state index in [4.69, 9.17) is 5.73 Å². The monoisotopic (exact) mass is 201 g/mol. The van der Waals surface area contributed by atoms with E-state index in [1.54, 1.807) is 18.3 Å². The fraction of sp³-hybridized carbons (Fsp3) is 0.0909. The minimum Gasteiger partial charge on any atom is -0.366 e. The zero-order valence-electron chi connectivity index (χ0n) is 8.10. The summed E-state index contributed by atoms with van der Waals surface area (Å²) in [4.78, 5) is 11.1. The molecule has 2 rings (SSSR count). The number of rotatable bonds is 3. The largest absolute Gasteiger partial charge is 0.366 e. The summed E-state index contributed by atoms with van der Waals surface area (Å²) in [5.41, 5.74) is 7.62. The van der Waals surface area contributed by atoms with Crippen LogP contribution in [-0.4, -0.2) is 16.1 Å². The van der Waals surface area contributed by atoms with Crippen LogP contribution in [0, 0.1) is 0 Å². The van der Waals surface area contributed by atoms with Gasteiger partial charge in [-0.3, -0.25) is 9.89 Å². The van der Waals surface area contributed by atoms with Gasteiger partial charge in [-0.05, 0) is 17.7 Å². The number of primary amides is 1. The molecule has 76 valence electrons. The Labute approximate surface area is 87.1 Å². The zero-order valence-corrected chi connectivity index (χ0v) is 8.10. The number of carbonyl (C=O) groups excluding carboxylic acids is 1. The molecule has 4 nitrogen and oxygen atoms in total. The fourth-order valence-corrected chi connectivity index (χ4v) is 1.50. The second kappa shape index (κ2) is 3.96. The van der Waals surface area contributed by atoms with E-state index in [-0.39, 0.29) is 0 Å². The lowest BCUT2D eigenvalue weighted by atomic mass is 10.0. The van der Waals surface area contributed by atoms with E-state index in [1.807, 2.05) is 18.2 Å². The zero-order chi connectivity index (χ0) is 10.7. The maximum Gasteiger partial charge on any atom is 0.248 e. The number of H-pyrrole nitrogens is 1. The Morgan fingerprint density at radius 3 is 2.80 bits per heavy atom. The summed E-state index contributed by atoms with van der Waals surface area (Å²) in [6.45, 7) is 0. The molecular weight excluding hydrogens is 190 g/mol. The van der Waals surface area contributed by atoms with Gasteiger partial charge < -0.3 is 5.73 Å². The average molecular weight is 201 g/mol. The van der Waals surface area contributed by atoms with Gasteiger partial charge in [0, 0.05) is 18.2 Å². The summed E-state index contributed by atoms with van der Waals surface area (Å²) in [5, 5.41) is 6.77. The first-order chi connectivity index (χ1) is 7.27. The molecule has 0 saturated heterocycles. The Balaban J connectivity index is 2.32. The molecule has 1 aromatic heterocycles. The van der Waals surface area contributed by atoms with E-state index in [9.17, 15) is 4.79 Å². The second-order valence-corrected chi connectivity index (χ2v) is 3.26. The van der Waals surface area contributed by atoms with E-state index in [0.29, 0.717) is 12.0 Å². The summed E-state index contributed by atoms with van der Waals surface area (Å²) in [6.07, 6.45) is 2.37. The Bertz CT molecular complexity index is 462. The van der Waals surface area contributed by atoms with Crippen LogP contribution in [0.1, 0.15) is 21.6 Å². The smallest absolute Gasteiger partial charge is 0.248 e. The van der Waals surface area contributed by atoms with Crippen molar-refractivity contribution in [3.8, 4) is 0 Å². The number of aromatic amines is 1. The van der Waals surface area contributed by atoms with Crippen molar-refractivity contribution >= 4 is 5.91 Å². The highest BCUT2D eigenvalue weighted by atomic mass is 16.1. The normalized spacial score (nSPS) is 10.1. The predicted molar refractivity (Wildman–Crippen MR) is 56.4 cm³/mol. The number of aromatic nitrogens is 2. The van der Waals surface area contributed by atoms with Crippen molar-refractivity contribution in [1.29, 1.82) is 0 Å². The Morgan fingerprint density at radius 1 is 1.33 bits per heavy atom. The topological polar surface area (TPSA) is 71.8 Å². The summed E-state index contributed by atoms with van der Waals surface area (Å²) >= 11 is 0. The lowest BCUT2D eigenvalue weighted by Gasteiger charge is -2.03. The van der Waals surface area contributed by atoms with E-state index in [2.05, 4.69) is 10.2 Å². The molecule has 0 aliphatic carbocycles. The molecule has 1 amide bonds. The first kappa shape index (κ1) is 9.45. The molecule has 0 bridgehead atoms. The average Bonchev–Trinajstić information content (AvgIpc) is 2.71. The number of hydrogen-bond donors (Lipinski definition) is 2. The molecule has 4 heteroatoms. The van der Waals surface area contributed by atoms with Crippen LogP contribution in [0.3, 0.4) is 0 Å². The lowest BCUT2D eigenvalue weighted by molar-refractivity contribution is 0.0999. The number of nitrogens with two attached hydrogens (primary N) is 1. The summed E-state index contributed by atoms with van der Waals surface area (Å²) in [6, 6.07) is 9.17. The molecule has 3 N–H and O–H groups in total. The van der Waals surface area contributed by atoms with Gasteiger partial charge >= 0.3 is 0 Å². The maximum absolute atomic E-state index is 11.1. The third kappa shape index (κ3) is 2.04. The number of nitrogens with zero attached hydrogens (tertiary/aromatic N) is 1. The third-order valence-electron chi connectivity index (χ3n) is 2.21. The van der Waals surface area contributed by atoms with Gasteiger partial charge in [0.2, 0.25) is 5.91 Å². The Hall–Kier alpha value is -2.10. The van der Waals surface area contributed by atoms with Gasteiger partial charge in [-0.1, -0.05) is 18.2 Å². The molecule has 2 aromatic rings. The van der Waals surface area contributed by atoms with Crippen LogP contribution in [0.25, 0.3) is 0 Å². The van der Waals surface area contributed by atoms with Crippen LogP contribution in [0.5, 0.6) is 0 Å². The van der Waals surface area contributed by atoms with Crippen molar-refractivity contribution < 1.29 is 4.79 Å². The summed E-state index contributed by atoms with van der Waals surface area (Å²) in [7, 11) is 0. The van der Waals surface area contributed by atoms with Gasteiger partial charge in [-0.2, -0.15) is 5.10 Å². The molecule has 0 aliphatic rings. The Kier molecular flexibility index (Phi) is 2.49. The van der Waals surface area contributed by atoms with Gasteiger partial charge in [-0.15, -0.1) is 0 Å². The van der Waals surface area contributed by atoms with E-state index < -0.39 is 5.91 Å². The SMILES string of the molecule is NC(=O)c1ccccc1Cc1cc[nH]n1. The molecule has 0 unspecified atom stereocenters. The third-order valence-corrected chi connectivity index (χ3v) is 2.21. The van der Waals surface area contributed by atoms with Crippen LogP contribution in [-0.2, 0) is 6.42 Å². The first-order valence-electron chi connectivity index (χ1n) is 4.64. The fourth-order valence-electron chi connectivity index (χ4n) is 1.50. The van der Waals surface area contributed by atoms with Gasteiger partial charge in [-0.25, -0.2) is 0 Å². The van der Waals surface area contributed by atoms with Crippen molar-refractivity contribution in [2.75, 3.05) is 0 Å². The van der Waals surface area contributed by atoms with Crippen molar-refractivity contribution in [3.05, 3.63) is 53.3 Å². The number of carbonyl (C=O) groups is 1. The molecule has 1 heterocycles. The molecule has 0 saturated carbocycles. The van der Waals surface area contributed by atoms with Crippen molar-refractivity contribution in [2.45, 2.75) is 6.42 Å². The number of nitrogens with one attached hydrogen (secondary N) is 1. The summed E-state index contributed by atoms with van der Waals surface area (Å²) in [5.74, 6) is -0.402. The minimum absolute atomic E-state index is 0.402.